The third-order valence-corrected chi connectivity index (χ3v) is 3.69. The second kappa shape index (κ2) is 7.63. The number of methoxy groups -OCH3 is 1. The highest BCUT2D eigenvalue weighted by molar-refractivity contribution is 5.79. The second-order valence-electron chi connectivity index (χ2n) is 6.59. The predicted molar refractivity (Wildman–Crippen MR) is 91.2 cm³/mol. The SMILES string of the molecule is CN=C(NCC(C)(C)OC)N(C)Cc1cn(C)nc1C(C)C. The molecule has 0 amide bonds. The van der Waals surface area contributed by atoms with Crippen molar-refractivity contribution >= 4 is 5.96 Å². The number of aliphatic imine (C=N–C) groups is 1. The molecule has 0 fully saturated rings. The highest BCUT2D eigenvalue weighted by atomic mass is 16.5. The zero-order chi connectivity index (χ0) is 16.9. The van der Waals surface area contributed by atoms with Gasteiger partial charge in [0.25, 0.3) is 0 Å². The predicted octanol–water partition coefficient (Wildman–Crippen LogP) is 1.98. The zero-order valence-corrected chi connectivity index (χ0v) is 15.3. The lowest BCUT2D eigenvalue weighted by Gasteiger charge is -2.28. The molecule has 0 radical (unpaired) electrons. The number of hydrogen-bond donors (Lipinski definition) is 1. The van der Waals surface area contributed by atoms with Gasteiger partial charge in [0.15, 0.2) is 5.96 Å². The molecule has 1 N–H and O–H groups in total. The molecule has 0 aliphatic carbocycles. The van der Waals surface area contributed by atoms with Gasteiger partial charge in [-0.15, -0.1) is 0 Å². The van der Waals surface area contributed by atoms with Crippen LogP contribution in [0.5, 0.6) is 0 Å². The van der Waals surface area contributed by atoms with E-state index in [4.69, 9.17) is 4.74 Å². The highest BCUT2D eigenvalue weighted by Gasteiger charge is 2.19. The quantitative estimate of drug-likeness (QED) is 0.645. The van der Waals surface area contributed by atoms with E-state index in [2.05, 4.69) is 40.4 Å². The van der Waals surface area contributed by atoms with Gasteiger partial charge in [-0.05, 0) is 19.8 Å². The Morgan fingerprint density at radius 2 is 2.14 bits per heavy atom. The lowest BCUT2D eigenvalue weighted by molar-refractivity contribution is 0.0264. The normalized spacial score (nSPS) is 12.9. The Kier molecular flexibility index (Phi) is 6.41. The van der Waals surface area contributed by atoms with Crippen LogP contribution in [0.4, 0.5) is 0 Å². The molecule has 0 atom stereocenters. The van der Waals surface area contributed by atoms with Gasteiger partial charge >= 0.3 is 0 Å². The molecular formula is C16H31N5O. The molecule has 0 unspecified atom stereocenters. The lowest BCUT2D eigenvalue weighted by atomic mass is 10.1. The molecule has 1 rings (SSSR count). The van der Waals surface area contributed by atoms with E-state index in [0.717, 1.165) is 18.2 Å². The van der Waals surface area contributed by atoms with Gasteiger partial charge in [-0.3, -0.25) is 9.67 Å². The number of guanidine groups is 1. The first-order valence-corrected chi connectivity index (χ1v) is 7.69. The van der Waals surface area contributed by atoms with Gasteiger partial charge in [-0.25, -0.2) is 0 Å². The van der Waals surface area contributed by atoms with Crippen LogP contribution in [0.15, 0.2) is 11.2 Å². The van der Waals surface area contributed by atoms with Crippen LogP contribution in [0.1, 0.15) is 44.9 Å². The molecular weight excluding hydrogens is 278 g/mol. The van der Waals surface area contributed by atoms with E-state index >= 15 is 0 Å². The Hall–Kier alpha value is -1.56. The van der Waals surface area contributed by atoms with Crippen LogP contribution in [0.3, 0.4) is 0 Å². The molecule has 0 aliphatic heterocycles. The minimum atomic E-state index is -0.228. The molecule has 6 heteroatoms. The molecule has 0 spiro atoms. The van der Waals surface area contributed by atoms with Crippen LogP contribution >= 0.6 is 0 Å². The van der Waals surface area contributed by atoms with Crippen molar-refractivity contribution in [2.45, 2.75) is 45.8 Å². The number of nitrogens with one attached hydrogen (secondary N) is 1. The van der Waals surface area contributed by atoms with Crippen molar-refractivity contribution < 1.29 is 4.74 Å². The average molecular weight is 309 g/mol. The number of nitrogens with zero attached hydrogens (tertiary/aromatic N) is 4. The maximum Gasteiger partial charge on any atom is 0.193 e. The summed E-state index contributed by atoms with van der Waals surface area (Å²) in [6.07, 6.45) is 2.08. The molecule has 0 bridgehead atoms. The van der Waals surface area contributed by atoms with E-state index in [-0.39, 0.29) is 5.60 Å². The summed E-state index contributed by atoms with van der Waals surface area (Å²) in [7, 11) is 7.51. The van der Waals surface area contributed by atoms with Crippen molar-refractivity contribution in [1.29, 1.82) is 0 Å². The Morgan fingerprint density at radius 3 is 2.64 bits per heavy atom. The summed E-state index contributed by atoms with van der Waals surface area (Å²) in [6.45, 7) is 9.90. The lowest BCUT2D eigenvalue weighted by Crippen LogP contribution is -2.45. The molecule has 0 saturated heterocycles. The van der Waals surface area contributed by atoms with E-state index < -0.39 is 0 Å². The molecule has 1 aromatic rings. The fourth-order valence-electron chi connectivity index (χ4n) is 2.24. The largest absolute Gasteiger partial charge is 0.377 e. The zero-order valence-electron chi connectivity index (χ0n) is 15.3. The number of rotatable bonds is 6. The first kappa shape index (κ1) is 18.5. The first-order chi connectivity index (χ1) is 10.2. The van der Waals surface area contributed by atoms with Crippen LogP contribution < -0.4 is 5.32 Å². The summed E-state index contributed by atoms with van der Waals surface area (Å²) in [4.78, 5) is 6.46. The fraction of sp³-hybridized carbons (Fsp3) is 0.750. The van der Waals surface area contributed by atoms with Gasteiger partial charge in [-0.2, -0.15) is 5.10 Å². The molecule has 126 valence electrons. The minimum absolute atomic E-state index is 0.228. The monoisotopic (exact) mass is 309 g/mol. The van der Waals surface area contributed by atoms with Gasteiger partial charge in [0.2, 0.25) is 0 Å². The molecule has 22 heavy (non-hydrogen) atoms. The number of aryl methyl sites for hydroxylation is 1. The topological polar surface area (TPSA) is 54.7 Å². The Labute approximate surface area is 134 Å². The maximum absolute atomic E-state index is 5.44. The van der Waals surface area contributed by atoms with Crippen molar-refractivity contribution in [2.75, 3.05) is 27.7 Å². The van der Waals surface area contributed by atoms with E-state index in [9.17, 15) is 0 Å². The van der Waals surface area contributed by atoms with Crippen molar-refractivity contribution in [2.24, 2.45) is 12.0 Å². The smallest absolute Gasteiger partial charge is 0.193 e. The molecule has 0 aliphatic rings. The number of aromatic nitrogens is 2. The average Bonchev–Trinajstić information content (AvgIpc) is 2.80. The summed E-state index contributed by atoms with van der Waals surface area (Å²) in [5.41, 5.74) is 2.14. The van der Waals surface area contributed by atoms with Gasteiger partial charge in [0.05, 0.1) is 11.3 Å². The number of hydrogen-bond acceptors (Lipinski definition) is 3. The molecule has 1 aromatic heterocycles. The molecule has 0 saturated carbocycles. The highest BCUT2D eigenvalue weighted by Crippen LogP contribution is 2.18. The van der Waals surface area contributed by atoms with Gasteiger partial charge < -0.3 is 15.0 Å². The van der Waals surface area contributed by atoms with E-state index in [1.54, 1.807) is 14.2 Å². The summed E-state index contributed by atoms with van der Waals surface area (Å²) in [5, 5.41) is 7.92. The first-order valence-electron chi connectivity index (χ1n) is 7.69. The third-order valence-electron chi connectivity index (χ3n) is 3.69. The van der Waals surface area contributed by atoms with Crippen LogP contribution in [-0.2, 0) is 18.3 Å². The van der Waals surface area contributed by atoms with Crippen LogP contribution in [0, 0.1) is 0 Å². The van der Waals surface area contributed by atoms with Crippen molar-refractivity contribution in [1.82, 2.24) is 20.0 Å². The Balaban J connectivity index is 2.76. The standard InChI is InChI=1S/C16H31N5O/c1-12(2)14-13(10-21(7)19-14)9-20(6)15(17-5)18-11-16(3,4)22-8/h10,12H,9,11H2,1-8H3,(H,17,18). The van der Waals surface area contributed by atoms with E-state index in [1.165, 1.54) is 5.56 Å². The van der Waals surface area contributed by atoms with Crippen LogP contribution in [0.25, 0.3) is 0 Å². The van der Waals surface area contributed by atoms with E-state index in [1.807, 2.05) is 32.6 Å². The van der Waals surface area contributed by atoms with Gasteiger partial charge in [0, 0.05) is 53.1 Å². The van der Waals surface area contributed by atoms with Gasteiger partial charge in [-0.1, -0.05) is 13.8 Å². The van der Waals surface area contributed by atoms with Crippen molar-refractivity contribution in [3.63, 3.8) is 0 Å². The number of ether oxygens (including phenoxy) is 1. The molecule has 6 nitrogen and oxygen atoms in total. The summed E-state index contributed by atoms with van der Waals surface area (Å²) >= 11 is 0. The fourth-order valence-corrected chi connectivity index (χ4v) is 2.24. The van der Waals surface area contributed by atoms with Crippen LogP contribution in [-0.4, -0.2) is 54.0 Å². The minimum Gasteiger partial charge on any atom is -0.377 e. The summed E-state index contributed by atoms with van der Waals surface area (Å²) < 4.78 is 7.31. The summed E-state index contributed by atoms with van der Waals surface area (Å²) in [6, 6.07) is 0. The second-order valence-corrected chi connectivity index (χ2v) is 6.59. The Morgan fingerprint density at radius 1 is 1.50 bits per heavy atom. The van der Waals surface area contributed by atoms with Gasteiger partial charge in [0.1, 0.15) is 0 Å². The van der Waals surface area contributed by atoms with Crippen molar-refractivity contribution in [3.05, 3.63) is 17.5 Å². The van der Waals surface area contributed by atoms with E-state index in [0.29, 0.717) is 12.5 Å². The molecule has 1 heterocycles. The maximum atomic E-state index is 5.44. The van der Waals surface area contributed by atoms with Crippen molar-refractivity contribution in [3.8, 4) is 0 Å². The third kappa shape index (κ3) is 5.02. The van der Waals surface area contributed by atoms with Crippen LogP contribution in [0.2, 0.25) is 0 Å². The Bertz CT molecular complexity index is 505. The summed E-state index contributed by atoms with van der Waals surface area (Å²) in [5.74, 6) is 1.26. The molecule has 0 aromatic carbocycles.